The van der Waals surface area contributed by atoms with Gasteiger partial charge in [0, 0.05) is 6.42 Å². The molecule has 3 aliphatic carbocycles. The Morgan fingerprint density at radius 2 is 1.87 bits per heavy atom. The van der Waals surface area contributed by atoms with Crippen molar-refractivity contribution in [3.63, 3.8) is 0 Å². The maximum absolute atomic E-state index is 11.3. The van der Waals surface area contributed by atoms with Crippen LogP contribution in [0.5, 0.6) is 0 Å². The summed E-state index contributed by atoms with van der Waals surface area (Å²) >= 11 is 0. The summed E-state index contributed by atoms with van der Waals surface area (Å²) < 4.78 is 7.03. The van der Waals surface area contributed by atoms with Crippen molar-refractivity contribution in [1.29, 1.82) is 0 Å². The first-order chi connectivity index (χ1) is 14.2. The fourth-order valence-corrected chi connectivity index (χ4v) is 9.56. The molecule has 3 heteroatoms. The van der Waals surface area contributed by atoms with Crippen molar-refractivity contribution in [1.82, 2.24) is 0 Å². The van der Waals surface area contributed by atoms with Gasteiger partial charge in [-0.25, -0.2) is 0 Å². The largest absolute Gasteiger partial charge is 0.406 e. The van der Waals surface area contributed by atoms with Gasteiger partial charge in [0.15, 0.2) is 0 Å². The molecule has 0 N–H and O–H groups in total. The minimum absolute atomic E-state index is 0.0135. The highest BCUT2D eigenvalue weighted by molar-refractivity contribution is 6.84. The number of hydrogen-bond acceptors (Lipinski definition) is 2. The number of carbonyl (C=O) groups excluding carboxylic acids is 1. The number of rotatable bonds is 6. The molecule has 0 unspecified atom stereocenters. The molecule has 0 spiro atoms. The van der Waals surface area contributed by atoms with Gasteiger partial charge in [-0.1, -0.05) is 57.2 Å². The van der Waals surface area contributed by atoms with Gasteiger partial charge < -0.3 is 9.22 Å². The Balaban J connectivity index is 1.66. The number of hydrogen-bond donors (Lipinski definition) is 0. The summed E-state index contributed by atoms with van der Waals surface area (Å²) in [6.07, 6.45) is 10.7. The maximum Gasteiger partial charge on any atom is 0.218 e. The van der Waals surface area contributed by atoms with Crippen LogP contribution in [0.15, 0.2) is 42.5 Å². The van der Waals surface area contributed by atoms with Gasteiger partial charge in [-0.2, -0.15) is 0 Å². The monoisotopic (exact) mass is 424 g/mol. The van der Waals surface area contributed by atoms with E-state index in [4.69, 9.17) is 4.43 Å². The Labute approximate surface area is 184 Å². The van der Waals surface area contributed by atoms with Crippen LogP contribution < -0.4 is 5.19 Å². The van der Waals surface area contributed by atoms with Crippen molar-refractivity contribution in [2.75, 3.05) is 0 Å². The highest BCUT2D eigenvalue weighted by Gasteiger charge is 2.57. The Morgan fingerprint density at radius 1 is 1.13 bits per heavy atom. The first kappa shape index (κ1) is 22.0. The average molecular weight is 425 g/mol. The van der Waals surface area contributed by atoms with Gasteiger partial charge in [-0.15, -0.1) is 0 Å². The molecular formula is C27H40O2Si. The number of fused-ring (bicyclic) bond motifs is 3. The Bertz CT molecular complexity index is 787. The van der Waals surface area contributed by atoms with E-state index in [2.05, 4.69) is 63.9 Å². The smallest absolute Gasteiger partial charge is 0.218 e. The Hall–Kier alpha value is -1.19. The third-order valence-corrected chi connectivity index (χ3v) is 11.9. The Morgan fingerprint density at radius 3 is 2.57 bits per heavy atom. The fourth-order valence-electron chi connectivity index (χ4n) is 7.48. The van der Waals surface area contributed by atoms with Crippen LogP contribution in [0.25, 0.3) is 0 Å². The van der Waals surface area contributed by atoms with Crippen LogP contribution in [0.1, 0.15) is 65.2 Å². The van der Waals surface area contributed by atoms with E-state index >= 15 is 0 Å². The molecule has 0 aliphatic heterocycles. The molecule has 1 aromatic carbocycles. The SMILES string of the molecule is C=C1[C@H](O[Si](C)(C)c2ccccc2)C[C@H]2[C@@H]3CCC[C@@]3(C)CC[C@@H]2[C@@]1(C)CCC=O. The van der Waals surface area contributed by atoms with Crippen LogP contribution >= 0.6 is 0 Å². The summed E-state index contributed by atoms with van der Waals surface area (Å²) in [5.41, 5.74) is 1.80. The first-order valence-corrected chi connectivity index (χ1v) is 15.0. The lowest BCUT2D eigenvalue weighted by Crippen LogP contribution is -2.55. The van der Waals surface area contributed by atoms with Crippen molar-refractivity contribution < 1.29 is 9.22 Å². The summed E-state index contributed by atoms with van der Waals surface area (Å²) in [4.78, 5) is 11.3. The van der Waals surface area contributed by atoms with Crippen LogP contribution in [-0.2, 0) is 9.22 Å². The normalized spacial score (nSPS) is 38.7. The molecule has 0 radical (unpaired) electrons. The van der Waals surface area contributed by atoms with Gasteiger partial charge in [0.2, 0.25) is 8.32 Å². The zero-order valence-corrected chi connectivity index (χ0v) is 20.5. The van der Waals surface area contributed by atoms with E-state index in [1.54, 1.807) is 0 Å². The lowest BCUT2D eigenvalue weighted by atomic mass is 9.48. The van der Waals surface area contributed by atoms with E-state index < -0.39 is 8.32 Å². The standard InChI is InChI=1S/C27H40O2Si/c1-20-25(29-30(4,5)21-11-7-6-8-12-21)19-22-23-13-9-15-26(23,2)17-14-24(22)27(20,3)16-10-18-28/h6-8,11-12,18,22-25H,1,9-10,13-17,19H2,2-5H3/t22-,23-,24-,25+,26-,27-/m0/s1. The van der Waals surface area contributed by atoms with Crippen LogP contribution in [0, 0.1) is 28.6 Å². The summed E-state index contributed by atoms with van der Waals surface area (Å²) in [6, 6.07) is 10.8. The zero-order chi connectivity index (χ0) is 21.6. The van der Waals surface area contributed by atoms with E-state index in [1.807, 2.05) is 0 Å². The second-order valence-electron chi connectivity index (χ2n) is 11.3. The van der Waals surface area contributed by atoms with Crippen molar-refractivity contribution >= 4 is 19.8 Å². The third kappa shape index (κ3) is 3.66. The summed E-state index contributed by atoms with van der Waals surface area (Å²) in [7, 11) is -2.04. The highest BCUT2D eigenvalue weighted by atomic mass is 28.4. The quantitative estimate of drug-likeness (QED) is 0.306. The number of aldehydes is 1. The van der Waals surface area contributed by atoms with Gasteiger partial charge in [0.05, 0.1) is 6.10 Å². The highest BCUT2D eigenvalue weighted by Crippen LogP contribution is 2.64. The molecule has 1 aromatic rings. The number of benzene rings is 1. The van der Waals surface area contributed by atoms with Crippen molar-refractivity contribution in [3.8, 4) is 0 Å². The summed E-state index contributed by atoms with van der Waals surface area (Å²) in [6.45, 7) is 14.3. The minimum Gasteiger partial charge on any atom is -0.406 e. The predicted molar refractivity (Wildman–Crippen MR) is 127 cm³/mol. The zero-order valence-electron chi connectivity index (χ0n) is 19.5. The molecule has 4 rings (SSSR count). The van der Waals surface area contributed by atoms with Crippen molar-refractivity contribution in [2.24, 2.45) is 28.6 Å². The van der Waals surface area contributed by atoms with Crippen molar-refractivity contribution in [2.45, 2.75) is 84.4 Å². The lowest BCUT2D eigenvalue weighted by molar-refractivity contribution is -0.109. The molecule has 3 aliphatic rings. The van der Waals surface area contributed by atoms with Crippen molar-refractivity contribution in [3.05, 3.63) is 42.5 Å². The molecule has 2 nitrogen and oxygen atoms in total. The molecule has 0 bridgehead atoms. The fraction of sp³-hybridized carbons (Fsp3) is 0.667. The maximum atomic E-state index is 11.3. The summed E-state index contributed by atoms with van der Waals surface area (Å²) in [5.74, 6) is 2.17. The summed E-state index contributed by atoms with van der Waals surface area (Å²) in [5, 5.41) is 1.35. The average Bonchev–Trinajstić information content (AvgIpc) is 3.13. The van der Waals surface area contributed by atoms with Gasteiger partial charge in [0.1, 0.15) is 6.29 Å². The molecule has 164 valence electrons. The van der Waals surface area contributed by atoms with Gasteiger partial charge in [-0.05, 0) is 91.0 Å². The third-order valence-electron chi connectivity index (χ3n) is 9.33. The molecular weight excluding hydrogens is 384 g/mol. The van der Waals surface area contributed by atoms with Crippen LogP contribution in [-0.4, -0.2) is 20.7 Å². The van der Waals surface area contributed by atoms with E-state index in [1.165, 1.54) is 42.9 Å². The topological polar surface area (TPSA) is 26.3 Å². The van der Waals surface area contributed by atoms with Crippen LogP contribution in [0.4, 0.5) is 0 Å². The van der Waals surface area contributed by atoms with E-state index in [0.717, 1.165) is 25.0 Å². The number of carbonyl (C=O) groups is 1. The Kier molecular flexibility index (Phi) is 5.91. The van der Waals surface area contributed by atoms with E-state index in [0.29, 0.717) is 23.7 Å². The van der Waals surface area contributed by atoms with Crippen LogP contribution in [0.3, 0.4) is 0 Å². The first-order valence-electron chi connectivity index (χ1n) is 12.1. The lowest BCUT2D eigenvalue weighted by Gasteiger charge is -2.58. The molecule has 30 heavy (non-hydrogen) atoms. The molecule has 6 atom stereocenters. The minimum atomic E-state index is -2.04. The second-order valence-corrected chi connectivity index (χ2v) is 15.2. The van der Waals surface area contributed by atoms with Crippen LogP contribution in [0.2, 0.25) is 13.1 Å². The van der Waals surface area contributed by atoms with E-state index in [-0.39, 0.29) is 11.5 Å². The molecule has 0 aromatic heterocycles. The van der Waals surface area contributed by atoms with Gasteiger partial charge in [0.25, 0.3) is 0 Å². The van der Waals surface area contributed by atoms with Gasteiger partial charge in [-0.3, -0.25) is 0 Å². The molecule has 3 saturated carbocycles. The predicted octanol–water partition coefficient (Wildman–Crippen LogP) is 6.26. The molecule has 0 saturated heterocycles. The second kappa shape index (κ2) is 8.06. The molecule has 0 heterocycles. The molecule has 0 amide bonds. The molecule has 3 fully saturated rings. The van der Waals surface area contributed by atoms with E-state index in [9.17, 15) is 4.79 Å². The van der Waals surface area contributed by atoms with Gasteiger partial charge >= 0.3 is 0 Å².